The zero-order valence-electron chi connectivity index (χ0n) is 7.72. The fraction of sp³-hybridized carbons (Fsp3) is 0.600. The van der Waals surface area contributed by atoms with Gasteiger partial charge in [0.2, 0.25) is 0 Å². The molecular formula is C10H14BrNO. The Morgan fingerprint density at radius 1 is 1.62 bits per heavy atom. The molecule has 2 atom stereocenters. The Kier molecular flexibility index (Phi) is 2.74. The molecule has 0 aromatic carbocycles. The van der Waals surface area contributed by atoms with Crippen molar-refractivity contribution in [3.63, 3.8) is 0 Å². The smallest absolute Gasteiger partial charge is 0.131 e. The molecule has 3 heteroatoms. The second-order valence-corrected chi connectivity index (χ2v) is 4.59. The number of rotatable bonds is 3. The van der Waals surface area contributed by atoms with E-state index < -0.39 is 0 Å². The average Bonchev–Trinajstić information content (AvgIpc) is 2.50. The monoisotopic (exact) mass is 243 g/mol. The standard InChI is InChI=1S/C10H14BrNO/c1-7-2-3-9(7)12-6-10-8(11)4-5-13-10/h4-5,7,9,12H,2-3,6H2,1H3. The molecule has 0 bridgehead atoms. The van der Waals surface area contributed by atoms with Crippen LogP contribution in [-0.4, -0.2) is 6.04 Å². The zero-order chi connectivity index (χ0) is 9.26. The highest BCUT2D eigenvalue weighted by molar-refractivity contribution is 9.10. The minimum absolute atomic E-state index is 0.692. The van der Waals surface area contributed by atoms with Crippen LogP contribution in [0.15, 0.2) is 21.2 Å². The minimum Gasteiger partial charge on any atom is -0.467 e. The maximum atomic E-state index is 5.31. The van der Waals surface area contributed by atoms with E-state index in [0.29, 0.717) is 6.04 Å². The van der Waals surface area contributed by atoms with Gasteiger partial charge in [0.05, 0.1) is 17.3 Å². The molecule has 2 nitrogen and oxygen atoms in total. The summed E-state index contributed by atoms with van der Waals surface area (Å²) in [6, 6.07) is 2.62. The van der Waals surface area contributed by atoms with Crippen LogP contribution in [0.1, 0.15) is 25.5 Å². The van der Waals surface area contributed by atoms with Crippen LogP contribution in [0.2, 0.25) is 0 Å². The summed E-state index contributed by atoms with van der Waals surface area (Å²) in [5.41, 5.74) is 0. The van der Waals surface area contributed by atoms with Crippen LogP contribution in [0, 0.1) is 5.92 Å². The topological polar surface area (TPSA) is 25.2 Å². The lowest BCUT2D eigenvalue weighted by atomic mass is 9.81. The predicted octanol–water partition coefficient (Wildman–Crippen LogP) is 2.93. The summed E-state index contributed by atoms with van der Waals surface area (Å²) in [5.74, 6) is 1.83. The molecule has 2 rings (SSSR count). The molecule has 13 heavy (non-hydrogen) atoms. The molecule has 0 aliphatic heterocycles. The van der Waals surface area contributed by atoms with Gasteiger partial charge in [-0.15, -0.1) is 0 Å². The lowest BCUT2D eigenvalue weighted by Gasteiger charge is -2.34. The van der Waals surface area contributed by atoms with Gasteiger partial charge in [0.25, 0.3) is 0 Å². The van der Waals surface area contributed by atoms with Gasteiger partial charge >= 0.3 is 0 Å². The van der Waals surface area contributed by atoms with E-state index >= 15 is 0 Å². The molecule has 2 unspecified atom stereocenters. The summed E-state index contributed by atoms with van der Waals surface area (Å²) in [7, 11) is 0. The van der Waals surface area contributed by atoms with Gasteiger partial charge in [-0.05, 0) is 40.8 Å². The Labute approximate surface area is 86.8 Å². The van der Waals surface area contributed by atoms with Crippen molar-refractivity contribution >= 4 is 15.9 Å². The lowest BCUT2D eigenvalue weighted by molar-refractivity contribution is 0.223. The van der Waals surface area contributed by atoms with E-state index in [1.165, 1.54) is 12.8 Å². The summed E-state index contributed by atoms with van der Waals surface area (Å²) < 4.78 is 6.37. The summed E-state index contributed by atoms with van der Waals surface area (Å²) in [5, 5.41) is 3.49. The normalized spacial score (nSPS) is 27.2. The number of nitrogens with one attached hydrogen (secondary N) is 1. The molecule has 1 aliphatic carbocycles. The second-order valence-electron chi connectivity index (χ2n) is 3.73. The van der Waals surface area contributed by atoms with Gasteiger partial charge in [-0.3, -0.25) is 0 Å². The number of halogens is 1. The first-order valence-corrected chi connectivity index (χ1v) is 5.52. The fourth-order valence-electron chi connectivity index (χ4n) is 1.64. The van der Waals surface area contributed by atoms with Crippen LogP contribution in [-0.2, 0) is 6.54 Å². The van der Waals surface area contributed by atoms with Crippen LogP contribution in [0.5, 0.6) is 0 Å². The fourth-order valence-corrected chi connectivity index (χ4v) is 1.99. The molecule has 1 aliphatic rings. The highest BCUT2D eigenvalue weighted by Gasteiger charge is 2.26. The van der Waals surface area contributed by atoms with Gasteiger partial charge in [-0.2, -0.15) is 0 Å². The van der Waals surface area contributed by atoms with Gasteiger partial charge in [0.1, 0.15) is 5.76 Å². The maximum Gasteiger partial charge on any atom is 0.131 e. The van der Waals surface area contributed by atoms with Crippen LogP contribution < -0.4 is 5.32 Å². The van der Waals surface area contributed by atoms with E-state index in [0.717, 1.165) is 22.7 Å². The van der Waals surface area contributed by atoms with Gasteiger partial charge < -0.3 is 9.73 Å². The molecule has 1 N–H and O–H groups in total. The third-order valence-electron chi connectivity index (χ3n) is 2.84. The van der Waals surface area contributed by atoms with Crippen molar-refractivity contribution in [2.45, 2.75) is 32.4 Å². The number of hydrogen-bond donors (Lipinski definition) is 1. The summed E-state index contributed by atoms with van der Waals surface area (Å²) in [4.78, 5) is 0. The third kappa shape index (κ3) is 1.97. The molecule has 1 saturated carbocycles. The molecule has 1 aromatic heterocycles. The van der Waals surface area contributed by atoms with Crippen molar-refractivity contribution in [1.82, 2.24) is 5.32 Å². The van der Waals surface area contributed by atoms with Crippen LogP contribution in [0.3, 0.4) is 0 Å². The minimum atomic E-state index is 0.692. The SMILES string of the molecule is CC1CCC1NCc1occc1Br. The summed E-state index contributed by atoms with van der Waals surface area (Å²) >= 11 is 3.44. The third-order valence-corrected chi connectivity index (χ3v) is 3.54. The first-order chi connectivity index (χ1) is 6.27. The molecule has 0 radical (unpaired) electrons. The molecule has 72 valence electrons. The Morgan fingerprint density at radius 3 is 2.92 bits per heavy atom. The van der Waals surface area contributed by atoms with E-state index in [4.69, 9.17) is 4.42 Å². The van der Waals surface area contributed by atoms with E-state index in [9.17, 15) is 0 Å². The van der Waals surface area contributed by atoms with Crippen molar-refractivity contribution in [3.05, 3.63) is 22.6 Å². The van der Waals surface area contributed by atoms with Crippen LogP contribution in [0.4, 0.5) is 0 Å². The van der Waals surface area contributed by atoms with Gasteiger partial charge in [0.15, 0.2) is 0 Å². The Bertz CT molecular complexity index is 284. The number of hydrogen-bond acceptors (Lipinski definition) is 2. The van der Waals surface area contributed by atoms with Crippen molar-refractivity contribution in [2.75, 3.05) is 0 Å². The van der Waals surface area contributed by atoms with Gasteiger partial charge in [0, 0.05) is 6.04 Å². The molecule has 0 amide bonds. The predicted molar refractivity (Wildman–Crippen MR) is 55.4 cm³/mol. The molecule has 1 fully saturated rings. The van der Waals surface area contributed by atoms with Crippen LogP contribution >= 0.6 is 15.9 Å². The average molecular weight is 244 g/mol. The largest absolute Gasteiger partial charge is 0.467 e. The summed E-state index contributed by atoms with van der Waals surface area (Å²) in [6.45, 7) is 3.13. The Balaban J connectivity index is 1.83. The highest BCUT2D eigenvalue weighted by Crippen LogP contribution is 2.27. The maximum absolute atomic E-state index is 5.31. The Hall–Kier alpha value is -0.280. The van der Waals surface area contributed by atoms with Gasteiger partial charge in [-0.25, -0.2) is 0 Å². The Morgan fingerprint density at radius 2 is 2.46 bits per heavy atom. The highest BCUT2D eigenvalue weighted by atomic mass is 79.9. The second kappa shape index (κ2) is 3.84. The van der Waals surface area contributed by atoms with Crippen molar-refractivity contribution in [2.24, 2.45) is 5.92 Å². The molecule has 1 heterocycles. The van der Waals surface area contributed by atoms with E-state index in [1.54, 1.807) is 6.26 Å². The van der Waals surface area contributed by atoms with Crippen molar-refractivity contribution in [3.8, 4) is 0 Å². The molecule has 1 aromatic rings. The van der Waals surface area contributed by atoms with Crippen molar-refractivity contribution in [1.29, 1.82) is 0 Å². The summed E-state index contributed by atoms with van der Waals surface area (Å²) in [6.07, 6.45) is 4.38. The molecule has 0 saturated heterocycles. The van der Waals surface area contributed by atoms with Crippen LogP contribution in [0.25, 0.3) is 0 Å². The molecular weight excluding hydrogens is 230 g/mol. The van der Waals surface area contributed by atoms with E-state index in [-0.39, 0.29) is 0 Å². The van der Waals surface area contributed by atoms with Crippen molar-refractivity contribution < 1.29 is 4.42 Å². The zero-order valence-corrected chi connectivity index (χ0v) is 9.30. The molecule has 0 spiro atoms. The first kappa shape index (κ1) is 9.28. The van der Waals surface area contributed by atoms with Gasteiger partial charge in [-0.1, -0.05) is 6.92 Å². The van der Waals surface area contributed by atoms with E-state index in [2.05, 4.69) is 28.2 Å². The quantitative estimate of drug-likeness (QED) is 0.884. The lowest BCUT2D eigenvalue weighted by Crippen LogP contribution is -2.41. The first-order valence-electron chi connectivity index (χ1n) is 4.72. The number of furan rings is 1. The van der Waals surface area contributed by atoms with E-state index in [1.807, 2.05) is 6.07 Å².